The van der Waals surface area contributed by atoms with Crippen molar-refractivity contribution >= 4 is 29.0 Å². The molecule has 0 unspecified atom stereocenters. The van der Waals surface area contributed by atoms with Gasteiger partial charge in [0.2, 0.25) is 0 Å². The zero-order chi connectivity index (χ0) is 23.0. The first kappa shape index (κ1) is 22.0. The molecule has 2 aromatic carbocycles. The quantitative estimate of drug-likeness (QED) is 0.543. The molecule has 1 aliphatic rings. The molecule has 32 heavy (non-hydrogen) atoms. The molecule has 164 valence electrons. The Morgan fingerprint density at radius 3 is 2.31 bits per heavy atom. The van der Waals surface area contributed by atoms with Crippen LogP contribution in [-0.4, -0.2) is 22.8 Å². The summed E-state index contributed by atoms with van der Waals surface area (Å²) in [5.74, 6) is -0.484. The topological polar surface area (TPSA) is 59.4 Å². The number of carbonyl (C=O) groups is 2. The molecular weight excluding hydrogens is 424 g/mol. The van der Waals surface area contributed by atoms with Crippen LogP contribution < -0.4 is 10.5 Å². The lowest BCUT2D eigenvalue weighted by Crippen LogP contribution is -2.40. The van der Waals surface area contributed by atoms with Gasteiger partial charge in [-0.05, 0) is 61.2 Å². The maximum Gasteiger partial charge on any atom is 0.268 e. The maximum atomic E-state index is 13.7. The second kappa shape index (κ2) is 8.40. The fourth-order valence-corrected chi connectivity index (χ4v) is 4.45. The number of halogens is 1. The van der Waals surface area contributed by atoms with Gasteiger partial charge in [-0.3, -0.25) is 19.0 Å². The molecule has 0 N–H and O–H groups in total. The number of anilines is 1. The summed E-state index contributed by atoms with van der Waals surface area (Å²) in [6.07, 6.45) is 0.916. The van der Waals surface area contributed by atoms with Crippen LogP contribution in [0, 0.1) is 5.41 Å². The molecule has 0 radical (unpaired) electrons. The van der Waals surface area contributed by atoms with E-state index in [0.717, 1.165) is 0 Å². The van der Waals surface area contributed by atoms with Gasteiger partial charge in [0, 0.05) is 40.6 Å². The highest BCUT2D eigenvalue weighted by atomic mass is 35.5. The Morgan fingerprint density at radius 1 is 1.03 bits per heavy atom. The highest BCUT2D eigenvalue weighted by Crippen LogP contribution is 2.35. The summed E-state index contributed by atoms with van der Waals surface area (Å²) < 4.78 is 1.51. The van der Waals surface area contributed by atoms with E-state index < -0.39 is 11.5 Å². The van der Waals surface area contributed by atoms with Crippen molar-refractivity contribution in [2.45, 2.75) is 33.6 Å². The van der Waals surface area contributed by atoms with E-state index in [0.29, 0.717) is 47.0 Å². The van der Waals surface area contributed by atoms with Gasteiger partial charge in [-0.2, -0.15) is 0 Å². The summed E-state index contributed by atoms with van der Waals surface area (Å²) in [5, 5.41) is 0.542. The molecule has 4 rings (SSSR count). The van der Waals surface area contributed by atoms with Crippen LogP contribution in [0.25, 0.3) is 5.69 Å². The molecule has 0 saturated heterocycles. The molecule has 1 aliphatic carbocycles. The van der Waals surface area contributed by atoms with Crippen molar-refractivity contribution in [3.63, 3.8) is 0 Å². The van der Waals surface area contributed by atoms with E-state index in [1.165, 1.54) is 10.6 Å². The number of nitrogens with zero attached hydrogens (tertiary/aromatic N) is 2. The van der Waals surface area contributed by atoms with Gasteiger partial charge in [0.25, 0.3) is 11.5 Å². The van der Waals surface area contributed by atoms with Crippen molar-refractivity contribution in [2.75, 3.05) is 11.4 Å². The lowest BCUT2D eigenvalue weighted by Gasteiger charge is -2.32. The zero-order valence-corrected chi connectivity index (χ0v) is 19.1. The first-order valence-corrected chi connectivity index (χ1v) is 11.0. The number of benzene rings is 2. The van der Waals surface area contributed by atoms with Gasteiger partial charge in [0.15, 0.2) is 5.78 Å². The molecule has 0 bridgehead atoms. The molecule has 0 saturated carbocycles. The van der Waals surface area contributed by atoms with Crippen LogP contribution in [-0.2, 0) is 6.42 Å². The van der Waals surface area contributed by atoms with E-state index in [-0.39, 0.29) is 16.8 Å². The first-order chi connectivity index (χ1) is 15.2. The Hall–Kier alpha value is -3.18. The van der Waals surface area contributed by atoms with Crippen LogP contribution in [0.15, 0.2) is 65.5 Å². The first-order valence-electron chi connectivity index (χ1n) is 10.7. The van der Waals surface area contributed by atoms with Gasteiger partial charge < -0.3 is 4.90 Å². The Labute approximate surface area is 192 Å². The number of fused-ring (bicyclic) bond motifs is 1. The van der Waals surface area contributed by atoms with E-state index >= 15 is 0 Å². The number of hydrogen-bond donors (Lipinski definition) is 0. The van der Waals surface area contributed by atoms with Gasteiger partial charge in [-0.25, -0.2) is 0 Å². The number of carbonyl (C=O) groups excluding carboxylic acids is 2. The van der Waals surface area contributed by atoms with Gasteiger partial charge in [-0.15, -0.1) is 0 Å². The van der Waals surface area contributed by atoms with Crippen LogP contribution in [0.1, 0.15) is 53.6 Å². The summed E-state index contributed by atoms with van der Waals surface area (Å²) in [6, 6.07) is 17.6. The molecule has 1 heterocycles. The maximum absolute atomic E-state index is 13.7. The Morgan fingerprint density at radius 2 is 1.69 bits per heavy atom. The Balaban J connectivity index is 1.95. The van der Waals surface area contributed by atoms with Crippen molar-refractivity contribution in [3.8, 4) is 5.69 Å². The average molecular weight is 449 g/mol. The third kappa shape index (κ3) is 4.00. The van der Waals surface area contributed by atoms with E-state index in [9.17, 15) is 14.4 Å². The van der Waals surface area contributed by atoms with Crippen molar-refractivity contribution in [3.05, 3.63) is 92.9 Å². The van der Waals surface area contributed by atoms with Gasteiger partial charge in [0.1, 0.15) is 5.56 Å². The summed E-state index contributed by atoms with van der Waals surface area (Å²) >= 11 is 6.06. The number of aromatic nitrogens is 1. The number of amides is 1. The molecule has 1 aromatic heterocycles. The van der Waals surface area contributed by atoms with Crippen molar-refractivity contribution in [1.29, 1.82) is 0 Å². The van der Waals surface area contributed by atoms with E-state index in [4.69, 9.17) is 11.6 Å². The van der Waals surface area contributed by atoms with E-state index in [2.05, 4.69) is 0 Å². The van der Waals surface area contributed by atoms with Crippen LogP contribution in [0.2, 0.25) is 5.02 Å². The normalized spacial score (nSPS) is 14.7. The van der Waals surface area contributed by atoms with E-state index in [1.807, 2.05) is 51.1 Å². The van der Waals surface area contributed by atoms with Gasteiger partial charge in [-0.1, -0.05) is 43.6 Å². The summed E-state index contributed by atoms with van der Waals surface area (Å²) in [5.41, 5.74) is 1.62. The Bertz CT molecular complexity index is 1240. The van der Waals surface area contributed by atoms with Crippen LogP contribution >= 0.6 is 11.6 Å². The number of hydrogen-bond acceptors (Lipinski definition) is 3. The lowest BCUT2D eigenvalue weighted by molar-refractivity contribution is 0.0908. The van der Waals surface area contributed by atoms with Crippen molar-refractivity contribution < 1.29 is 9.59 Å². The number of para-hydroxylation sites is 1. The number of Topliss-reactive ketones (excluding diaryl/α,β-unsaturated/α-hetero) is 1. The SMILES string of the molecule is CCN(C(=O)c1cc2c(n(-c3ccc(Cl)cc3)c1=O)CC(C)(C)CC2=O)c1ccccc1. The fourth-order valence-electron chi connectivity index (χ4n) is 4.33. The monoisotopic (exact) mass is 448 g/mol. The number of pyridine rings is 1. The average Bonchev–Trinajstić information content (AvgIpc) is 2.75. The smallest absolute Gasteiger partial charge is 0.268 e. The van der Waals surface area contributed by atoms with Gasteiger partial charge >= 0.3 is 0 Å². The molecule has 0 atom stereocenters. The zero-order valence-electron chi connectivity index (χ0n) is 18.4. The minimum absolute atomic E-state index is 0.0162. The van der Waals surface area contributed by atoms with Crippen LogP contribution in [0.3, 0.4) is 0 Å². The second-order valence-electron chi connectivity index (χ2n) is 8.86. The van der Waals surface area contributed by atoms with Gasteiger partial charge in [0.05, 0.1) is 0 Å². The third-order valence-electron chi connectivity index (χ3n) is 5.83. The molecule has 5 nitrogen and oxygen atoms in total. The number of ketones is 1. The molecule has 1 amide bonds. The minimum Gasteiger partial charge on any atom is -0.308 e. The largest absolute Gasteiger partial charge is 0.308 e. The third-order valence-corrected chi connectivity index (χ3v) is 6.08. The summed E-state index contributed by atoms with van der Waals surface area (Å²) in [6.45, 7) is 6.27. The highest BCUT2D eigenvalue weighted by Gasteiger charge is 2.35. The fraction of sp³-hybridized carbons (Fsp3) is 0.269. The standard InChI is InChI=1S/C26H25ClN2O3/c1-4-28(18-8-6-5-7-9-18)24(31)21-14-20-22(15-26(2,3)16-23(20)30)29(25(21)32)19-12-10-17(27)11-13-19/h5-14H,4,15-16H2,1-3H3. The molecule has 0 spiro atoms. The molecule has 0 aliphatic heterocycles. The molecule has 3 aromatic rings. The summed E-state index contributed by atoms with van der Waals surface area (Å²) in [7, 11) is 0. The Kier molecular flexibility index (Phi) is 5.78. The predicted octanol–water partition coefficient (Wildman–Crippen LogP) is 5.31. The van der Waals surface area contributed by atoms with Crippen molar-refractivity contribution in [2.24, 2.45) is 5.41 Å². The molecule has 0 fully saturated rings. The molecule has 6 heteroatoms. The molecular formula is C26H25ClN2O3. The van der Waals surface area contributed by atoms with Crippen LogP contribution in [0.4, 0.5) is 5.69 Å². The minimum atomic E-state index is -0.434. The second-order valence-corrected chi connectivity index (χ2v) is 9.30. The van der Waals surface area contributed by atoms with Crippen LogP contribution in [0.5, 0.6) is 0 Å². The van der Waals surface area contributed by atoms with Crippen molar-refractivity contribution in [1.82, 2.24) is 4.57 Å². The number of rotatable bonds is 4. The predicted molar refractivity (Wildman–Crippen MR) is 127 cm³/mol. The van der Waals surface area contributed by atoms with E-state index in [1.54, 1.807) is 29.2 Å². The highest BCUT2D eigenvalue weighted by molar-refractivity contribution is 6.30. The summed E-state index contributed by atoms with van der Waals surface area (Å²) in [4.78, 5) is 41.9. The lowest BCUT2D eigenvalue weighted by atomic mass is 9.75.